The van der Waals surface area contributed by atoms with Gasteiger partial charge in [-0.2, -0.15) is 4.98 Å². The maximum atomic E-state index is 12.5. The zero-order valence-electron chi connectivity index (χ0n) is 21.6. The Morgan fingerprint density at radius 2 is 1.86 bits per heavy atom. The van der Waals surface area contributed by atoms with E-state index in [1.807, 2.05) is 12.1 Å². The molecule has 0 bridgehead atoms. The summed E-state index contributed by atoms with van der Waals surface area (Å²) in [5.41, 5.74) is 2.89. The van der Waals surface area contributed by atoms with Crippen molar-refractivity contribution >= 4 is 28.8 Å². The number of anilines is 2. The molecule has 1 aliphatic rings. The first-order valence-electron chi connectivity index (χ1n) is 12.6. The first kappa shape index (κ1) is 26.8. The van der Waals surface area contributed by atoms with Crippen LogP contribution in [0.3, 0.4) is 0 Å². The Balaban J connectivity index is 1.66. The van der Waals surface area contributed by atoms with E-state index in [1.54, 1.807) is 6.92 Å². The van der Waals surface area contributed by atoms with Crippen LogP contribution in [0.2, 0.25) is 0 Å². The highest BCUT2D eigenvalue weighted by atomic mass is 19.4. The van der Waals surface area contributed by atoms with Gasteiger partial charge >= 0.3 is 12.3 Å². The number of nitrogens with one attached hydrogen (secondary N) is 1. The second kappa shape index (κ2) is 10.6. The number of aromatic nitrogens is 3. The number of pyridine rings is 1. The van der Waals surface area contributed by atoms with Crippen LogP contribution in [0.1, 0.15) is 65.1 Å². The number of carbonyl (C=O) groups excluding carboxylic acids is 1. The summed E-state index contributed by atoms with van der Waals surface area (Å²) in [4.78, 5) is 21.3. The lowest BCUT2D eigenvalue weighted by Gasteiger charge is -2.40. The van der Waals surface area contributed by atoms with Crippen LogP contribution in [0.25, 0.3) is 11.2 Å². The summed E-state index contributed by atoms with van der Waals surface area (Å²) in [5.74, 6) is 0.537. The topological polar surface area (TPSA) is 78.3 Å². The van der Waals surface area contributed by atoms with E-state index >= 15 is 0 Å². The first-order valence-corrected chi connectivity index (χ1v) is 12.6. The Morgan fingerprint density at radius 1 is 1.14 bits per heavy atom. The van der Waals surface area contributed by atoms with Gasteiger partial charge in [-0.15, -0.1) is 13.2 Å². The van der Waals surface area contributed by atoms with E-state index in [-0.39, 0.29) is 29.6 Å². The molecule has 1 aromatic carbocycles. The zero-order chi connectivity index (χ0) is 26.8. The smallest absolute Gasteiger partial charge is 0.466 e. The van der Waals surface area contributed by atoms with Crippen LogP contribution >= 0.6 is 0 Å². The van der Waals surface area contributed by atoms with Gasteiger partial charge in [0.2, 0.25) is 5.95 Å². The van der Waals surface area contributed by atoms with Crippen molar-refractivity contribution in [1.29, 1.82) is 0 Å². The number of halogens is 3. The summed E-state index contributed by atoms with van der Waals surface area (Å²) in [5, 5.41) is 3.28. The number of ether oxygens (including phenoxy) is 2. The molecule has 1 N–H and O–H groups in total. The van der Waals surface area contributed by atoms with Crippen molar-refractivity contribution < 1.29 is 27.4 Å². The second-order valence-electron chi connectivity index (χ2n) is 10.5. The molecule has 0 aliphatic heterocycles. The molecule has 1 aliphatic carbocycles. The van der Waals surface area contributed by atoms with Gasteiger partial charge in [0, 0.05) is 23.8 Å². The van der Waals surface area contributed by atoms with E-state index in [0.717, 1.165) is 30.5 Å². The molecule has 3 aromatic rings. The molecular weight excluding hydrogens is 485 g/mol. The molecule has 7 nitrogen and oxygen atoms in total. The quantitative estimate of drug-likeness (QED) is 0.325. The average molecular weight is 519 g/mol. The molecule has 1 fully saturated rings. The second-order valence-corrected chi connectivity index (χ2v) is 10.5. The molecule has 4 rings (SSSR count). The number of fused-ring (bicyclic) bond motifs is 1. The van der Waals surface area contributed by atoms with Gasteiger partial charge in [-0.1, -0.05) is 20.8 Å². The van der Waals surface area contributed by atoms with Gasteiger partial charge in [-0.3, -0.25) is 4.79 Å². The number of nitrogens with zero attached hydrogens (tertiary/aromatic N) is 3. The van der Waals surface area contributed by atoms with E-state index in [1.165, 1.54) is 24.3 Å². The maximum Gasteiger partial charge on any atom is 0.573 e. The molecule has 200 valence electrons. The Bertz CT molecular complexity index is 1240. The number of hydrogen-bond acceptors (Lipinski definition) is 6. The van der Waals surface area contributed by atoms with Crippen molar-refractivity contribution in [2.45, 2.75) is 72.2 Å². The minimum atomic E-state index is -4.75. The van der Waals surface area contributed by atoms with Crippen LogP contribution in [-0.2, 0) is 16.0 Å². The summed E-state index contributed by atoms with van der Waals surface area (Å²) >= 11 is 0. The van der Waals surface area contributed by atoms with Crippen molar-refractivity contribution in [1.82, 2.24) is 14.5 Å². The summed E-state index contributed by atoms with van der Waals surface area (Å²) < 4.78 is 48.8. The molecule has 1 saturated carbocycles. The molecule has 0 amide bonds. The molecule has 0 saturated heterocycles. The Kier molecular flexibility index (Phi) is 7.66. The largest absolute Gasteiger partial charge is 0.573 e. The number of rotatable bonds is 8. The number of carbonyl (C=O) groups is 1. The number of imidazole rings is 1. The Hall–Kier alpha value is -3.30. The van der Waals surface area contributed by atoms with Gasteiger partial charge in [0.15, 0.2) is 5.65 Å². The van der Waals surface area contributed by atoms with Gasteiger partial charge < -0.3 is 19.4 Å². The number of benzene rings is 1. The number of alkyl halides is 3. The lowest BCUT2D eigenvalue weighted by atomic mass is 9.70. The molecular formula is C27H33F3N4O3. The van der Waals surface area contributed by atoms with Gasteiger partial charge in [-0.25, -0.2) is 4.98 Å². The van der Waals surface area contributed by atoms with E-state index in [0.29, 0.717) is 36.2 Å². The number of hydrogen-bond donors (Lipinski definition) is 1. The maximum absolute atomic E-state index is 12.5. The minimum Gasteiger partial charge on any atom is -0.466 e. The Labute approximate surface area is 214 Å². The van der Waals surface area contributed by atoms with Crippen LogP contribution in [0, 0.1) is 11.3 Å². The zero-order valence-corrected chi connectivity index (χ0v) is 21.6. The monoisotopic (exact) mass is 518 g/mol. The number of esters is 1. The fraction of sp³-hybridized carbons (Fsp3) is 0.519. The molecule has 37 heavy (non-hydrogen) atoms. The van der Waals surface area contributed by atoms with Crippen LogP contribution in [0.4, 0.5) is 24.8 Å². The van der Waals surface area contributed by atoms with E-state index in [9.17, 15) is 18.0 Å². The molecule has 2 atom stereocenters. The van der Waals surface area contributed by atoms with E-state index < -0.39 is 6.36 Å². The highest BCUT2D eigenvalue weighted by Gasteiger charge is 2.35. The summed E-state index contributed by atoms with van der Waals surface area (Å²) in [6, 6.07) is 9.64. The average Bonchev–Trinajstić information content (AvgIpc) is 3.14. The molecule has 0 radical (unpaired) electrons. The summed E-state index contributed by atoms with van der Waals surface area (Å²) in [7, 11) is 0. The lowest BCUT2D eigenvalue weighted by molar-refractivity contribution is -0.274. The predicted molar refractivity (Wildman–Crippen MR) is 135 cm³/mol. The Morgan fingerprint density at radius 3 is 2.51 bits per heavy atom. The normalized spacial score (nSPS) is 19.5. The third kappa shape index (κ3) is 6.93. The third-order valence-corrected chi connectivity index (χ3v) is 6.58. The number of aryl methyl sites for hydroxylation is 1. The highest BCUT2D eigenvalue weighted by Crippen LogP contribution is 2.46. The van der Waals surface area contributed by atoms with E-state index in [4.69, 9.17) is 14.7 Å². The van der Waals surface area contributed by atoms with Crippen molar-refractivity contribution in [2.75, 3.05) is 11.9 Å². The predicted octanol–water partition coefficient (Wildman–Crippen LogP) is 6.96. The summed E-state index contributed by atoms with van der Waals surface area (Å²) in [6.07, 6.45) is -0.996. The molecule has 2 heterocycles. The van der Waals surface area contributed by atoms with Crippen molar-refractivity contribution in [3.05, 3.63) is 42.1 Å². The van der Waals surface area contributed by atoms with E-state index in [2.05, 4.69) is 35.4 Å². The van der Waals surface area contributed by atoms with Crippen molar-refractivity contribution in [3.8, 4) is 5.75 Å². The van der Waals surface area contributed by atoms with Crippen LogP contribution in [0.15, 0.2) is 36.4 Å². The molecule has 2 aromatic heterocycles. The van der Waals surface area contributed by atoms with Crippen LogP contribution in [-0.4, -0.2) is 33.5 Å². The highest BCUT2D eigenvalue weighted by molar-refractivity contribution is 5.77. The summed E-state index contributed by atoms with van der Waals surface area (Å²) in [6.45, 7) is 8.91. The first-order chi connectivity index (χ1) is 17.4. The van der Waals surface area contributed by atoms with Crippen LogP contribution in [0.5, 0.6) is 5.75 Å². The molecule has 10 heteroatoms. The van der Waals surface area contributed by atoms with Crippen molar-refractivity contribution in [2.24, 2.45) is 11.3 Å². The lowest BCUT2D eigenvalue weighted by Crippen LogP contribution is -2.29. The van der Waals surface area contributed by atoms with Gasteiger partial charge in [-0.05, 0) is 73.9 Å². The van der Waals surface area contributed by atoms with Gasteiger partial charge in [0.05, 0.1) is 18.5 Å². The minimum absolute atomic E-state index is 0.153. The third-order valence-electron chi connectivity index (χ3n) is 6.58. The molecule has 0 unspecified atom stereocenters. The fourth-order valence-corrected chi connectivity index (χ4v) is 5.44. The SMILES string of the molecule is CCOC(=O)CCc1ccc2c(n1)nc(Nc1ccc(OC(F)(F)F)cc1)n2[C@@H]1C[C@H](C)CC(C)(C)C1. The fourth-order valence-electron chi connectivity index (χ4n) is 5.44. The molecule has 0 spiro atoms. The van der Waals surface area contributed by atoms with Gasteiger partial charge in [0.1, 0.15) is 5.75 Å². The van der Waals surface area contributed by atoms with Gasteiger partial charge in [0.25, 0.3) is 0 Å². The van der Waals surface area contributed by atoms with Crippen LogP contribution < -0.4 is 10.1 Å². The standard InChI is InChI=1S/C27H33F3N4O3/c1-5-36-23(35)13-9-18-8-12-22-24(31-18)33-25(34(22)20-14-17(2)15-26(3,4)16-20)32-19-6-10-21(11-7-19)37-27(28,29)30/h6-8,10-12,17,20H,5,9,13-16H2,1-4H3,(H,31,32,33)/t17-,20+/m0/s1. The van der Waals surface area contributed by atoms with Crippen molar-refractivity contribution in [3.63, 3.8) is 0 Å².